The molecule has 0 spiro atoms. The zero-order valence-electron chi connectivity index (χ0n) is 11.4. The molecular formula is C16H16BrF2N. The maximum atomic E-state index is 13.8. The van der Waals surface area contributed by atoms with Crippen molar-refractivity contribution in [3.05, 3.63) is 69.7 Å². The molecule has 0 saturated carbocycles. The Morgan fingerprint density at radius 2 is 1.85 bits per heavy atom. The van der Waals surface area contributed by atoms with Crippen LogP contribution < -0.4 is 0 Å². The Balaban J connectivity index is 2.15. The molecule has 2 aromatic carbocycles. The van der Waals surface area contributed by atoms with E-state index in [0.29, 0.717) is 12.1 Å². The van der Waals surface area contributed by atoms with E-state index in [0.717, 1.165) is 10.0 Å². The topological polar surface area (TPSA) is 3.24 Å². The van der Waals surface area contributed by atoms with Crippen LogP contribution in [0.2, 0.25) is 0 Å². The number of hydrogen-bond acceptors (Lipinski definition) is 1. The Morgan fingerprint density at radius 1 is 1.15 bits per heavy atom. The molecule has 1 atom stereocenters. The van der Waals surface area contributed by atoms with Crippen LogP contribution in [0.15, 0.2) is 46.9 Å². The van der Waals surface area contributed by atoms with E-state index in [1.54, 1.807) is 18.2 Å². The third-order valence-corrected chi connectivity index (χ3v) is 4.19. The first-order valence-corrected chi connectivity index (χ1v) is 7.17. The van der Waals surface area contributed by atoms with E-state index < -0.39 is 0 Å². The molecule has 0 aliphatic carbocycles. The van der Waals surface area contributed by atoms with Gasteiger partial charge in [-0.25, -0.2) is 8.78 Å². The highest BCUT2D eigenvalue weighted by Crippen LogP contribution is 2.25. The summed E-state index contributed by atoms with van der Waals surface area (Å²) in [6.07, 6.45) is 0. The normalized spacial score (nSPS) is 12.7. The Hall–Kier alpha value is -1.26. The number of benzene rings is 2. The summed E-state index contributed by atoms with van der Waals surface area (Å²) < 4.78 is 27.6. The van der Waals surface area contributed by atoms with E-state index in [9.17, 15) is 8.78 Å². The molecule has 0 amide bonds. The summed E-state index contributed by atoms with van der Waals surface area (Å²) in [7, 11) is 1.92. The van der Waals surface area contributed by atoms with Gasteiger partial charge in [-0.3, -0.25) is 4.90 Å². The van der Waals surface area contributed by atoms with Gasteiger partial charge >= 0.3 is 0 Å². The second-order valence-corrected chi connectivity index (χ2v) is 5.70. The van der Waals surface area contributed by atoms with Crippen LogP contribution in [0.3, 0.4) is 0 Å². The Labute approximate surface area is 126 Å². The summed E-state index contributed by atoms with van der Waals surface area (Å²) in [5.74, 6) is -0.476. The number of halogens is 3. The summed E-state index contributed by atoms with van der Waals surface area (Å²) in [4.78, 5) is 2.02. The zero-order valence-corrected chi connectivity index (χ0v) is 13.0. The van der Waals surface area contributed by atoms with Crippen molar-refractivity contribution in [3.63, 3.8) is 0 Å². The molecule has 2 rings (SSSR count). The fraction of sp³-hybridized carbons (Fsp3) is 0.250. The van der Waals surface area contributed by atoms with Gasteiger partial charge in [0.25, 0.3) is 0 Å². The van der Waals surface area contributed by atoms with E-state index in [1.165, 1.54) is 18.2 Å². The number of hydrogen-bond donors (Lipinski definition) is 0. The van der Waals surface area contributed by atoms with Gasteiger partial charge in [-0.1, -0.05) is 40.2 Å². The standard InChI is InChI=1S/C16H16BrF2N/c1-11(14-5-3-4-6-16(14)19)20(2)10-12-7-8-13(18)9-15(12)17/h3-9,11H,10H2,1-2H3. The van der Waals surface area contributed by atoms with Crippen LogP contribution in [-0.2, 0) is 6.54 Å². The molecule has 1 nitrogen and oxygen atoms in total. The van der Waals surface area contributed by atoms with Crippen LogP contribution in [-0.4, -0.2) is 11.9 Å². The first-order chi connectivity index (χ1) is 9.49. The summed E-state index contributed by atoms with van der Waals surface area (Å²) in [5.41, 5.74) is 1.63. The molecule has 0 bridgehead atoms. The van der Waals surface area contributed by atoms with Crippen molar-refractivity contribution in [3.8, 4) is 0 Å². The van der Waals surface area contributed by atoms with E-state index in [1.807, 2.05) is 24.9 Å². The third-order valence-electron chi connectivity index (χ3n) is 3.45. The maximum Gasteiger partial charge on any atom is 0.127 e. The van der Waals surface area contributed by atoms with Crippen molar-refractivity contribution in [1.29, 1.82) is 0 Å². The molecule has 0 fully saturated rings. The molecule has 0 aliphatic rings. The zero-order chi connectivity index (χ0) is 14.7. The highest BCUT2D eigenvalue weighted by atomic mass is 79.9. The lowest BCUT2D eigenvalue weighted by atomic mass is 10.1. The van der Waals surface area contributed by atoms with Crippen LogP contribution in [0.1, 0.15) is 24.1 Å². The first kappa shape index (κ1) is 15.1. The molecule has 0 heterocycles. The fourth-order valence-electron chi connectivity index (χ4n) is 2.11. The van der Waals surface area contributed by atoms with E-state index in [2.05, 4.69) is 15.9 Å². The van der Waals surface area contributed by atoms with Crippen LogP contribution >= 0.6 is 15.9 Å². The molecule has 106 valence electrons. The van der Waals surface area contributed by atoms with Crippen molar-refractivity contribution in [2.75, 3.05) is 7.05 Å². The highest BCUT2D eigenvalue weighted by molar-refractivity contribution is 9.10. The summed E-state index contributed by atoms with van der Waals surface area (Å²) in [6, 6.07) is 11.3. The molecule has 0 N–H and O–H groups in total. The van der Waals surface area contributed by atoms with Gasteiger partial charge in [-0.05, 0) is 37.7 Å². The summed E-state index contributed by atoms with van der Waals surface area (Å²) in [5, 5.41) is 0. The van der Waals surface area contributed by atoms with E-state index in [4.69, 9.17) is 0 Å². The highest BCUT2D eigenvalue weighted by Gasteiger charge is 2.16. The molecule has 20 heavy (non-hydrogen) atoms. The van der Waals surface area contributed by atoms with E-state index in [-0.39, 0.29) is 17.7 Å². The minimum atomic E-state index is -0.273. The smallest absolute Gasteiger partial charge is 0.127 e. The Kier molecular flexibility index (Phi) is 4.89. The predicted molar refractivity (Wildman–Crippen MR) is 80.4 cm³/mol. The van der Waals surface area contributed by atoms with Crippen molar-refractivity contribution in [2.24, 2.45) is 0 Å². The predicted octanol–water partition coefficient (Wildman–Crippen LogP) is 4.92. The van der Waals surface area contributed by atoms with Crippen molar-refractivity contribution in [2.45, 2.75) is 19.5 Å². The van der Waals surface area contributed by atoms with Crippen LogP contribution in [0.25, 0.3) is 0 Å². The van der Waals surface area contributed by atoms with Gasteiger partial charge in [0, 0.05) is 22.6 Å². The summed E-state index contributed by atoms with van der Waals surface area (Å²) in [6.45, 7) is 2.56. The average Bonchev–Trinajstić information content (AvgIpc) is 2.41. The van der Waals surface area contributed by atoms with Crippen molar-refractivity contribution in [1.82, 2.24) is 4.90 Å². The van der Waals surface area contributed by atoms with Gasteiger partial charge in [0.2, 0.25) is 0 Å². The molecule has 4 heteroatoms. The van der Waals surface area contributed by atoms with Crippen LogP contribution in [0, 0.1) is 11.6 Å². The molecule has 0 aliphatic heterocycles. The monoisotopic (exact) mass is 339 g/mol. The average molecular weight is 340 g/mol. The van der Waals surface area contributed by atoms with Gasteiger partial charge in [-0.15, -0.1) is 0 Å². The van der Waals surface area contributed by atoms with E-state index >= 15 is 0 Å². The van der Waals surface area contributed by atoms with Crippen LogP contribution in [0.5, 0.6) is 0 Å². The molecule has 1 unspecified atom stereocenters. The minimum absolute atomic E-state index is 0.0619. The fourth-order valence-corrected chi connectivity index (χ4v) is 2.58. The minimum Gasteiger partial charge on any atom is -0.295 e. The lowest BCUT2D eigenvalue weighted by molar-refractivity contribution is 0.247. The Bertz CT molecular complexity index is 601. The lowest BCUT2D eigenvalue weighted by Crippen LogP contribution is -2.23. The SMILES string of the molecule is CC(c1ccccc1F)N(C)Cc1ccc(F)cc1Br. The molecular weight excluding hydrogens is 324 g/mol. The van der Waals surface area contributed by atoms with Gasteiger partial charge in [0.15, 0.2) is 0 Å². The number of rotatable bonds is 4. The maximum absolute atomic E-state index is 13.8. The van der Waals surface area contributed by atoms with Crippen LogP contribution in [0.4, 0.5) is 8.78 Å². The molecule has 0 aromatic heterocycles. The second kappa shape index (κ2) is 6.46. The van der Waals surface area contributed by atoms with Gasteiger partial charge in [0.1, 0.15) is 11.6 Å². The van der Waals surface area contributed by atoms with Crippen molar-refractivity contribution >= 4 is 15.9 Å². The lowest BCUT2D eigenvalue weighted by Gasteiger charge is -2.26. The largest absolute Gasteiger partial charge is 0.295 e. The molecule has 2 aromatic rings. The first-order valence-electron chi connectivity index (χ1n) is 6.37. The quantitative estimate of drug-likeness (QED) is 0.764. The van der Waals surface area contributed by atoms with Crippen molar-refractivity contribution < 1.29 is 8.78 Å². The Morgan fingerprint density at radius 3 is 2.50 bits per heavy atom. The van der Waals surface area contributed by atoms with Gasteiger partial charge in [0.05, 0.1) is 0 Å². The molecule has 0 saturated heterocycles. The summed E-state index contributed by atoms with van der Waals surface area (Å²) >= 11 is 3.35. The third kappa shape index (κ3) is 3.44. The van der Waals surface area contributed by atoms with Gasteiger partial charge in [-0.2, -0.15) is 0 Å². The number of nitrogens with zero attached hydrogens (tertiary/aromatic N) is 1. The van der Waals surface area contributed by atoms with Gasteiger partial charge < -0.3 is 0 Å². The second-order valence-electron chi connectivity index (χ2n) is 4.85. The molecule has 0 radical (unpaired) electrons.